The van der Waals surface area contributed by atoms with Crippen molar-refractivity contribution in [2.45, 2.75) is 38.8 Å². The molecule has 2 heterocycles. The standard InChI is InChI=1S/C21H27FN2O3/c1-15-12-16(22)5-7-19(15)20-8-6-18(27-20)13-24-10-3-4-17(9-11-24)23(2)14-21(25)26/h5-8,12,17H,3-4,9-11,13-14H2,1-2H3,(H,25,26). The van der Waals surface area contributed by atoms with E-state index in [1.165, 1.54) is 12.1 Å². The van der Waals surface area contributed by atoms with E-state index in [1.807, 2.05) is 31.0 Å². The van der Waals surface area contributed by atoms with Crippen molar-refractivity contribution < 1.29 is 18.7 Å². The van der Waals surface area contributed by atoms with Gasteiger partial charge in [-0.05, 0) is 75.7 Å². The summed E-state index contributed by atoms with van der Waals surface area (Å²) in [7, 11) is 1.89. The first-order valence-corrected chi connectivity index (χ1v) is 9.42. The average molecular weight is 374 g/mol. The molecule has 146 valence electrons. The van der Waals surface area contributed by atoms with E-state index in [0.717, 1.165) is 61.5 Å². The monoisotopic (exact) mass is 374 g/mol. The third-order valence-electron chi connectivity index (χ3n) is 5.29. The molecule has 0 radical (unpaired) electrons. The van der Waals surface area contributed by atoms with Gasteiger partial charge in [-0.25, -0.2) is 4.39 Å². The number of halogens is 1. The summed E-state index contributed by atoms with van der Waals surface area (Å²) in [4.78, 5) is 15.2. The molecule has 0 aliphatic carbocycles. The molecule has 1 aromatic carbocycles. The van der Waals surface area contributed by atoms with Crippen LogP contribution in [0.4, 0.5) is 4.39 Å². The lowest BCUT2D eigenvalue weighted by molar-refractivity contribution is -0.138. The maximum Gasteiger partial charge on any atom is 0.317 e. The van der Waals surface area contributed by atoms with E-state index < -0.39 is 5.97 Å². The number of hydrogen-bond acceptors (Lipinski definition) is 4. The molecule has 1 aliphatic rings. The maximum atomic E-state index is 13.3. The number of carbonyl (C=O) groups is 1. The summed E-state index contributed by atoms with van der Waals surface area (Å²) in [5, 5.41) is 8.98. The SMILES string of the molecule is Cc1cc(F)ccc1-c1ccc(CN2CCCC(N(C)CC(=O)O)CC2)o1. The van der Waals surface area contributed by atoms with E-state index in [4.69, 9.17) is 9.52 Å². The molecule has 1 unspecified atom stereocenters. The van der Waals surface area contributed by atoms with Crippen molar-refractivity contribution in [3.63, 3.8) is 0 Å². The molecular weight excluding hydrogens is 347 g/mol. The Morgan fingerprint density at radius 1 is 1.30 bits per heavy atom. The Morgan fingerprint density at radius 3 is 2.85 bits per heavy atom. The van der Waals surface area contributed by atoms with Crippen LogP contribution < -0.4 is 0 Å². The highest BCUT2D eigenvalue weighted by Crippen LogP contribution is 2.27. The van der Waals surface area contributed by atoms with Crippen molar-refractivity contribution in [1.29, 1.82) is 0 Å². The summed E-state index contributed by atoms with van der Waals surface area (Å²) in [6, 6.07) is 8.95. The molecular formula is C21H27FN2O3. The summed E-state index contributed by atoms with van der Waals surface area (Å²) in [6.45, 7) is 4.59. The molecule has 0 saturated carbocycles. The van der Waals surface area contributed by atoms with Gasteiger partial charge in [0, 0.05) is 18.2 Å². The van der Waals surface area contributed by atoms with Gasteiger partial charge in [-0.3, -0.25) is 14.6 Å². The van der Waals surface area contributed by atoms with Gasteiger partial charge in [0.25, 0.3) is 0 Å². The van der Waals surface area contributed by atoms with Gasteiger partial charge in [0.1, 0.15) is 17.3 Å². The summed E-state index contributed by atoms with van der Waals surface area (Å²) in [5.41, 5.74) is 1.77. The fraction of sp³-hybridized carbons (Fsp3) is 0.476. The van der Waals surface area contributed by atoms with Gasteiger partial charge >= 0.3 is 5.97 Å². The molecule has 1 aliphatic heterocycles. The summed E-state index contributed by atoms with van der Waals surface area (Å²) < 4.78 is 19.3. The number of carboxylic acids is 1. The van der Waals surface area contributed by atoms with Crippen LogP contribution in [0.3, 0.4) is 0 Å². The number of aryl methyl sites for hydroxylation is 1. The lowest BCUT2D eigenvalue weighted by atomic mass is 10.1. The number of rotatable bonds is 6. The molecule has 2 aromatic rings. The lowest BCUT2D eigenvalue weighted by Crippen LogP contribution is -2.36. The Kier molecular flexibility index (Phi) is 6.29. The van der Waals surface area contributed by atoms with Gasteiger partial charge < -0.3 is 9.52 Å². The number of carboxylic acid groups (broad SMARTS) is 1. The van der Waals surface area contributed by atoms with E-state index in [1.54, 1.807) is 6.07 Å². The molecule has 0 bridgehead atoms. The molecule has 1 atom stereocenters. The van der Waals surface area contributed by atoms with Crippen molar-refractivity contribution >= 4 is 5.97 Å². The van der Waals surface area contributed by atoms with Crippen LogP contribution in [0.5, 0.6) is 0 Å². The Balaban J connectivity index is 1.60. The van der Waals surface area contributed by atoms with Crippen molar-refractivity contribution in [3.05, 3.63) is 47.5 Å². The number of furan rings is 1. The number of hydrogen-bond donors (Lipinski definition) is 1. The van der Waals surface area contributed by atoms with Gasteiger partial charge in [-0.15, -0.1) is 0 Å². The van der Waals surface area contributed by atoms with E-state index >= 15 is 0 Å². The van der Waals surface area contributed by atoms with Crippen molar-refractivity contribution in [1.82, 2.24) is 9.80 Å². The van der Waals surface area contributed by atoms with Crippen LogP contribution in [0.15, 0.2) is 34.7 Å². The van der Waals surface area contributed by atoms with Crippen molar-refractivity contribution in [2.75, 3.05) is 26.7 Å². The van der Waals surface area contributed by atoms with Crippen LogP contribution >= 0.6 is 0 Å². The second-order valence-electron chi connectivity index (χ2n) is 7.39. The largest absolute Gasteiger partial charge is 0.480 e. The third kappa shape index (κ3) is 5.17. The molecule has 0 amide bonds. The van der Waals surface area contributed by atoms with Crippen LogP contribution in [0.2, 0.25) is 0 Å². The second-order valence-corrected chi connectivity index (χ2v) is 7.39. The zero-order chi connectivity index (χ0) is 19.4. The minimum atomic E-state index is -0.780. The molecule has 1 saturated heterocycles. The fourth-order valence-electron chi connectivity index (χ4n) is 3.81. The minimum Gasteiger partial charge on any atom is -0.480 e. The number of likely N-dealkylation sites (N-methyl/N-ethyl adjacent to an activating group) is 1. The van der Waals surface area contributed by atoms with Crippen LogP contribution in [0, 0.1) is 12.7 Å². The smallest absolute Gasteiger partial charge is 0.317 e. The Morgan fingerprint density at radius 2 is 2.11 bits per heavy atom. The first kappa shape index (κ1) is 19.6. The zero-order valence-corrected chi connectivity index (χ0v) is 15.9. The van der Waals surface area contributed by atoms with Gasteiger partial charge in [0.2, 0.25) is 0 Å². The van der Waals surface area contributed by atoms with E-state index in [0.29, 0.717) is 6.04 Å². The van der Waals surface area contributed by atoms with E-state index in [-0.39, 0.29) is 12.4 Å². The van der Waals surface area contributed by atoms with Gasteiger partial charge in [-0.2, -0.15) is 0 Å². The quantitative estimate of drug-likeness (QED) is 0.834. The molecule has 1 N–H and O–H groups in total. The number of benzene rings is 1. The highest BCUT2D eigenvalue weighted by atomic mass is 19.1. The Hall–Kier alpha value is -2.18. The predicted octanol–water partition coefficient (Wildman–Crippen LogP) is 3.77. The molecule has 5 nitrogen and oxygen atoms in total. The van der Waals surface area contributed by atoms with Gasteiger partial charge in [0.05, 0.1) is 13.1 Å². The molecule has 27 heavy (non-hydrogen) atoms. The minimum absolute atomic E-state index is 0.0865. The highest BCUT2D eigenvalue weighted by Gasteiger charge is 2.22. The highest BCUT2D eigenvalue weighted by molar-refractivity contribution is 5.69. The average Bonchev–Trinajstić information content (AvgIpc) is 2.91. The van der Waals surface area contributed by atoms with Gasteiger partial charge in [0.15, 0.2) is 0 Å². The van der Waals surface area contributed by atoms with Crippen LogP contribution in [0.1, 0.15) is 30.6 Å². The fourth-order valence-corrected chi connectivity index (χ4v) is 3.81. The zero-order valence-electron chi connectivity index (χ0n) is 15.9. The molecule has 6 heteroatoms. The van der Waals surface area contributed by atoms with Crippen LogP contribution in [0.25, 0.3) is 11.3 Å². The third-order valence-corrected chi connectivity index (χ3v) is 5.29. The molecule has 1 aromatic heterocycles. The summed E-state index contributed by atoms with van der Waals surface area (Å²) >= 11 is 0. The second kappa shape index (κ2) is 8.67. The topological polar surface area (TPSA) is 56.9 Å². The number of nitrogens with zero attached hydrogens (tertiary/aromatic N) is 2. The Labute approximate surface area is 159 Å². The number of likely N-dealkylation sites (tertiary alicyclic amines) is 1. The van der Waals surface area contributed by atoms with E-state index in [9.17, 15) is 9.18 Å². The van der Waals surface area contributed by atoms with Crippen molar-refractivity contribution in [3.8, 4) is 11.3 Å². The Bertz CT molecular complexity index is 789. The summed E-state index contributed by atoms with van der Waals surface area (Å²) in [5.74, 6) is 0.635. The normalized spacial score (nSPS) is 18.6. The van der Waals surface area contributed by atoms with E-state index in [2.05, 4.69) is 4.90 Å². The lowest BCUT2D eigenvalue weighted by Gasteiger charge is -2.25. The first-order chi connectivity index (χ1) is 12.9. The maximum absolute atomic E-state index is 13.3. The summed E-state index contributed by atoms with van der Waals surface area (Å²) in [6.07, 6.45) is 3.01. The molecule has 3 rings (SSSR count). The van der Waals surface area contributed by atoms with Gasteiger partial charge in [-0.1, -0.05) is 0 Å². The van der Waals surface area contributed by atoms with Crippen molar-refractivity contribution in [2.24, 2.45) is 0 Å². The molecule has 0 spiro atoms. The molecule has 1 fully saturated rings. The van der Waals surface area contributed by atoms with Crippen LogP contribution in [-0.2, 0) is 11.3 Å². The van der Waals surface area contributed by atoms with Crippen LogP contribution in [-0.4, -0.2) is 53.6 Å². The predicted molar refractivity (Wildman–Crippen MR) is 102 cm³/mol. The number of aliphatic carboxylic acids is 1. The first-order valence-electron chi connectivity index (χ1n) is 9.42.